The third kappa shape index (κ3) is 1.62. The van der Waals surface area contributed by atoms with E-state index < -0.39 is 0 Å². The predicted octanol–water partition coefficient (Wildman–Crippen LogP) is 2.72. The van der Waals surface area contributed by atoms with E-state index in [1.807, 2.05) is 0 Å². The monoisotopic (exact) mass is 206 g/mol. The zero-order valence-corrected chi connectivity index (χ0v) is 9.64. The Bertz CT molecular complexity index is 430. The molecule has 0 spiro atoms. The van der Waals surface area contributed by atoms with Crippen molar-refractivity contribution in [3.63, 3.8) is 0 Å². The maximum absolute atomic E-state index is 2.80. The zero-order valence-electron chi connectivity index (χ0n) is 7.33. The first-order valence-electron chi connectivity index (χ1n) is 4.29. The van der Waals surface area contributed by atoms with Gasteiger partial charge in [0.05, 0.1) is 0 Å². The molecule has 2 rings (SSSR count). The van der Waals surface area contributed by atoms with Crippen LogP contribution in [0.15, 0.2) is 36.4 Å². The van der Waals surface area contributed by atoms with E-state index in [4.69, 9.17) is 0 Å². The van der Waals surface area contributed by atoms with Crippen molar-refractivity contribution in [2.45, 2.75) is 6.16 Å². The summed E-state index contributed by atoms with van der Waals surface area (Å²) >= 11 is 0. The molecule has 66 valence electrons. The fourth-order valence-electron chi connectivity index (χ4n) is 1.62. The molecular weight excluding hydrogens is 194 g/mol. The largest absolute Gasteiger partial charge is 0.133 e. The molecule has 0 aliphatic heterocycles. The van der Waals surface area contributed by atoms with Crippen LogP contribution in [0, 0.1) is 0 Å². The smallest absolute Gasteiger partial charge is 0.00768 e. The minimum absolute atomic E-state index is 1.02. The van der Waals surface area contributed by atoms with Crippen LogP contribution in [0.4, 0.5) is 0 Å². The van der Waals surface area contributed by atoms with Gasteiger partial charge in [0.15, 0.2) is 0 Å². The van der Waals surface area contributed by atoms with Gasteiger partial charge >= 0.3 is 0 Å². The van der Waals surface area contributed by atoms with Gasteiger partial charge in [-0.15, -0.1) is 18.5 Å². The Labute approximate surface area is 83.1 Å². The quantitative estimate of drug-likeness (QED) is 0.629. The van der Waals surface area contributed by atoms with Crippen LogP contribution in [-0.2, 0) is 6.16 Å². The highest BCUT2D eigenvalue weighted by atomic mass is 31.0. The van der Waals surface area contributed by atoms with E-state index >= 15 is 0 Å². The average Bonchev–Trinajstić information content (AvgIpc) is 2.17. The Hall–Kier alpha value is -0.440. The summed E-state index contributed by atoms with van der Waals surface area (Å²) in [5, 5.41) is 3.99. The predicted molar refractivity (Wildman–Crippen MR) is 66.7 cm³/mol. The summed E-state index contributed by atoms with van der Waals surface area (Å²) in [6, 6.07) is 12.8. The minimum atomic E-state index is 1.02. The first-order chi connectivity index (χ1) is 6.33. The second kappa shape index (κ2) is 3.74. The number of hydrogen-bond donors (Lipinski definition) is 0. The molecule has 0 amide bonds. The van der Waals surface area contributed by atoms with E-state index in [0.717, 1.165) is 6.16 Å². The number of fused-ring (bicyclic) bond motifs is 1. The molecule has 2 aromatic rings. The molecule has 2 heteroatoms. The van der Waals surface area contributed by atoms with Crippen LogP contribution in [0.3, 0.4) is 0 Å². The molecule has 2 aromatic carbocycles. The molecule has 0 saturated carbocycles. The van der Waals surface area contributed by atoms with Crippen LogP contribution in [-0.4, -0.2) is 0 Å². The van der Waals surface area contributed by atoms with Crippen LogP contribution in [0.5, 0.6) is 0 Å². The Morgan fingerprint density at radius 3 is 2.38 bits per heavy atom. The third-order valence-electron chi connectivity index (χ3n) is 2.24. The molecule has 0 aliphatic carbocycles. The SMILES string of the molecule is PCc1cccc2cccc(P)c12. The van der Waals surface area contributed by atoms with E-state index in [1.54, 1.807) is 0 Å². The van der Waals surface area contributed by atoms with Crippen LogP contribution in [0.2, 0.25) is 0 Å². The Balaban J connectivity index is 2.87. The number of hydrogen-bond acceptors (Lipinski definition) is 0. The molecule has 0 radical (unpaired) electrons. The highest BCUT2D eigenvalue weighted by molar-refractivity contribution is 7.28. The zero-order chi connectivity index (χ0) is 9.26. The van der Waals surface area contributed by atoms with Gasteiger partial charge in [0.1, 0.15) is 0 Å². The minimum Gasteiger partial charge on any atom is -0.133 e. The van der Waals surface area contributed by atoms with Gasteiger partial charge in [-0.1, -0.05) is 36.4 Å². The van der Waals surface area contributed by atoms with Crippen molar-refractivity contribution >= 4 is 34.6 Å². The van der Waals surface area contributed by atoms with Gasteiger partial charge in [-0.25, -0.2) is 0 Å². The molecule has 13 heavy (non-hydrogen) atoms. The Morgan fingerprint density at radius 2 is 1.69 bits per heavy atom. The molecule has 0 saturated heterocycles. The summed E-state index contributed by atoms with van der Waals surface area (Å²) < 4.78 is 0. The van der Waals surface area contributed by atoms with Crippen molar-refractivity contribution in [2.75, 3.05) is 0 Å². The fraction of sp³-hybridized carbons (Fsp3) is 0.0909. The van der Waals surface area contributed by atoms with Gasteiger partial charge in [-0.3, -0.25) is 0 Å². The number of benzene rings is 2. The van der Waals surface area contributed by atoms with Crippen molar-refractivity contribution < 1.29 is 0 Å². The van der Waals surface area contributed by atoms with E-state index in [1.165, 1.54) is 21.6 Å². The van der Waals surface area contributed by atoms with Crippen LogP contribution in [0.25, 0.3) is 10.8 Å². The molecule has 0 heterocycles. The van der Waals surface area contributed by atoms with Crippen molar-refractivity contribution in [3.05, 3.63) is 42.0 Å². The highest BCUT2D eigenvalue weighted by Crippen LogP contribution is 2.20. The number of rotatable bonds is 1. The van der Waals surface area contributed by atoms with Crippen molar-refractivity contribution in [3.8, 4) is 0 Å². The fourth-order valence-corrected chi connectivity index (χ4v) is 2.42. The van der Waals surface area contributed by atoms with Gasteiger partial charge < -0.3 is 0 Å². The lowest BCUT2D eigenvalue weighted by atomic mass is 10.1. The lowest BCUT2D eigenvalue weighted by Gasteiger charge is -2.06. The summed E-state index contributed by atoms with van der Waals surface area (Å²) in [5.74, 6) is 0. The Morgan fingerprint density at radius 1 is 1.00 bits per heavy atom. The van der Waals surface area contributed by atoms with Gasteiger partial charge in [-0.2, -0.15) is 0 Å². The van der Waals surface area contributed by atoms with E-state index in [-0.39, 0.29) is 0 Å². The van der Waals surface area contributed by atoms with Gasteiger partial charge in [0.25, 0.3) is 0 Å². The molecule has 0 nitrogen and oxygen atoms in total. The first-order valence-corrected chi connectivity index (χ1v) is 5.68. The molecule has 0 aliphatic rings. The standard InChI is InChI=1S/C11H12P2/c12-7-9-5-1-3-8-4-2-6-10(13)11(8)9/h1-6H,7,12-13H2. The maximum Gasteiger partial charge on any atom is -0.00768 e. The highest BCUT2D eigenvalue weighted by Gasteiger charge is 2.00. The van der Waals surface area contributed by atoms with E-state index in [9.17, 15) is 0 Å². The van der Waals surface area contributed by atoms with Crippen LogP contribution >= 0.6 is 18.5 Å². The van der Waals surface area contributed by atoms with Crippen molar-refractivity contribution in [1.29, 1.82) is 0 Å². The topological polar surface area (TPSA) is 0 Å². The summed E-state index contributed by atoms with van der Waals surface area (Å²) in [5.41, 5.74) is 1.40. The molecule has 0 bridgehead atoms. The van der Waals surface area contributed by atoms with Gasteiger partial charge in [0.2, 0.25) is 0 Å². The second-order valence-corrected chi connectivity index (χ2v) is 4.10. The van der Waals surface area contributed by atoms with Crippen molar-refractivity contribution in [2.24, 2.45) is 0 Å². The second-order valence-electron chi connectivity index (χ2n) is 3.07. The normalized spacial score (nSPS) is 10.6. The lowest BCUT2D eigenvalue weighted by molar-refractivity contribution is 1.48. The molecule has 0 fully saturated rings. The van der Waals surface area contributed by atoms with E-state index in [0.29, 0.717) is 0 Å². The van der Waals surface area contributed by atoms with E-state index in [2.05, 4.69) is 54.9 Å². The average molecular weight is 206 g/mol. The molecular formula is C11H12P2. The first kappa shape index (κ1) is 9.13. The van der Waals surface area contributed by atoms with Crippen LogP contribution in [0.1, 0.15) is 5.56 Å². The third-order valence-corrected chi connectivity index (χ3v) is 3.16. The van der Waals surface area contributed by atoms with Gasteiger partial charge in [0, 0.05) is 0 Å². The molecule has 0 N–H and O–H groups in total. The molecule has 2 unspecified atom stereocenters. The van der Waals surface area contributed by atoms with Gasteiger partial charge in [-0.05, 0) is 27.8 Å². The maximum atomic E-state index is 2.80. The Kier molecular flexibility index (Phi) is 2.63. The molecule has 2 atom stereocenters. The lowest BCUT2D eigenvalue weighted by Crippen LogP contribution is -1.95. The van der Waals surface area contributed by atoms with Crippen molar-refractivity contribution in [1.82, 2.24) is 0 Å². The summed E-state index contributed by atoms with van der Waals surface area (Å²) in [7, 11) is 5.58. The summed E-state index contributed by atoms with van der Waals surface area (Å²) in [6.07, 6.45) is 1.02. The molecule has 0 aromatic heterocycles. The summed E-state index contributed by atoms with van der Waals surface area (Å²) in [6.45, 7) is 0. The summed E-state index contributed by atoms with van der Waals surface area (Å²) in [4.78, 5) is 0. The van der Waals surface area contributed by atoms with Crippen LogP contribution < -0.4 is 5.30 Å².